The third-order valence-corrected chi connectivity index (χ3v) is 4.60. The number of sulfonamides is 1. The largest absolute Gasteiger partial charge is 0.390 e. The summed E-state index contributed by atoms with van der Waals surface area (Å²) in [5.41, 5.74) is 1.90. The molecule has 114 valence electrons. The van der Waals surface area contributed by atoms with Crippen LogP contribution in [-0.4, -0.2) is 37.8 Å². The number of hydrogen-bond donors (Lipinski definition) is 3. The number of aliphatic hydroxyl groups excluding tert-OH is 1. The Kier molecular flexibility index (Phi) is 4.19. The summed E-state index contributed by atoms with van der Waals surface area (Å²) in [6, 6.07) is 6.99. The van der Waals surface area contributed by atoms with Crippen molar-refractivity contribution in [1.82, 2.24) is 10.2 Å². The summed E-state index contributed by atoms with van der Waals surface area (Å²) >= 11 is 0. The fourth-order valence-electron chi connectivity index (χ4n) is 1.97. The van der Waals surface area contributed by atoms with Gasteiger partial charge in [-0.2, -0.15) is 5.10 Å². The molecule has 2 rings (SSSR count). The van der Waals surface area contributed by atoms with Crippen LogP contribution >= 0.6 is 0 Å². The Bertz CT molecular complexity index is 720. The summed E-state index contributed by atoms with van der Waals surface area (Å²) in [6.45, 7) is 1.15. The van der Waals surface area contributed by atoms with Gasteiger partial charge in [-0.25, -0.2) is 8.42 Å². The van der Waals surface area contributed by atoms with Crippen molar-refractivity contribution < 1.29 is 13.5 Å². The Morgan fingerprint density at radius 2 is 1.90 bits per heavy atom. The second-order valence-corrected chi connectivity index (χ2v) is 6.45. The lowest BCUT2D eigenvalue weighted by Gasteiger charge is -2.13. The van der Waals surface area contributed by atoms with Gasteiger partial charge >= 0.3 is 0 Å². The first-order chi connectivity index (χ1) is 9.85. The fraction of sp³-hybridized carbons (Fsp3) is 0.308. The van der Waals surface area contributed by atoms with E-state index in [2.05, 4.69) is 14.9 Å². The van der Waals surface area contributed by atoms with E-state index in [-0.39, 0.29) is 10.6 Å². The predicted octanol–water partition coefficient (Wildman–Crippen LogP) is 1.08. The Morgan fingerprint density at radius 3 is 2.43 bits per heavy atom. The number of aromatic nitrogens is 2. The number of nitrogens with one attached hydrogen (secondary N) is 2. The van der Waals surface area contributed by atoms with Gasteiger partial charge in [0.1, 0.15) is 10.6 Å². The van der Waals surface area contributed by atoms with Gasteiger partial charge in [-0.1, -0.05) is 0 Å². The Labute approximate surface area is 123 Å². The first-order valence-electron chi connectivity index (χ1n) is 6.30. The molecule has 0 saturated carbocycles. The Morgan fingerprint density at radius 1 is 1.29 bits per heavy atom. The number of rotatable bonds is 5. The van der Waals surface area contributed by atoms with Crippen LogP contribution in [0.1, 0.15) is 11.4 Å². The molecule has 0 aliphatic rings. The van der Waals surface area contributed by atoms with Crippen LogP contribution in [0.5, 0.6) is 0 Å². The molecular weight excluding hydrogens is 292 g/mol. The van der Waals surface area contributed by atoms with Crippen LogP contribution in [0.4, 0.5) is 11.4 Å². The zero-order valence-corrected chi connectivity index (χ0v) is 12.9. The summed E-state index contributed by atoms with van der Waals surface area (Å²) in [6.07, 6.45) is 0. The van der Waals surface area contributed by atoms with Gasteiger partial charge in [0.05, 0.1) is 12.3 Å². The minimum atomic E-state index is -3.79. The van der Waals surface area contributed by atoms with Crippen molar-refractivity contribution in [3.05, 3.63) is 35.7 Å². The molecule has 1 aromatic heterocycles. The first kappa shape index (κ1) is 15.3. The van der Waals surface area contributed by atoms with Crippen LogP contribution in [0.15, 0.2) is 29.2 Å². The van der Waals surface area contributed by atoms with E-state index in [4.69, 9.17) is 0 Å². The Hall–Kier alpha value is -2.06. The monoisotopic (exact) mass is 310 g/mol. The lowest BCUT2D eigenvalue weighted by Crippen LogP contribution is -2.15. The number of aliphatic hydroxyl groups is 1. The molecular formula is C13H18N4O3S. The SMILES string of the molecule is Cc1[nH]nc(CO)c1S(=O)(=O)Nc1ccc(N(C)C)cc1. The summed E-state index contributed by atoms with van der Waals surface area (Å²) < 4.78 is 27.3. The van der Waals surface area contributed by atoms with E-state index in [1.54, 1.807) is 19.1 Å². The minimum absolute atomic E-state index is 0.0123. The molecule has 0 saturated heterocycles. The molecule has 0 unspecified atom stereocenters. The zero-order valence-electron chi connectivity index (χ0n) is 12.1. The maximum atomic E-state index is 12.4. The van der Waals surface area contributed by atoms with Crippen molar-refractivity contribution in [3.63, 3.8) is 0 Å². The fourth-order valence-corrected chi connectivity index (χ4v) is 3.38. The highest BCUT2D eigenvalue weighted by molar-refractivity contribution is 7.92. The number of nitrogens with zero attached hydrogens (tertiary/aromatic N) is 2. The third kappa shape index (κ3) is 3.17. The number of hydrogen-bond acceptors (Lipinski definition) is 5. The molecule has 0 amide bonds. The molecule has 0 atom stereocenters. The molecule has 1 aromatic carbocycles. The smallest absolute Gasteiger partial charge is 0.265 e. The normalized spacial score (nSPS) is 11.4. The summed E-state index contributed by atoms with van der Waals surface area (Å²) in [5, 5.41) is 15.5. The van der Waals surface area contributed by atoms with Gasteiger partial charge in [0, 0.05) is 25.5 Å². The van der Waals surface area contributed by atoms with Gasteiger partial charge in [-0.3, -0.25) is 9.82 Å². The van der Waals surface area contributed by atoms with Gasteiger partial charge in [0.15, 0.2) is 0 Å². The van der Waals surface area contributed by atoms with Crippen molar-refractivity contribution in [2.75, 3.05) is 23.7 Å². The zero-order chi connectivity index (χ0) is 15.6. The topological polar surface area (TPSA) is 98.3 Å². The van der Waals surface area contributed by atoms with Crippen LogP contribution in [-0.2, 0) is 16.6 Å². The van der Waals surface area contributed by atoms with Crippen LogP contribution in [0.25, 0.3) is 0 Å². The number of benzene rings is 1. The summed E-state index contributed by atoms with van der Waals surface area (Å²) in [4.78, 5) is 1.91. The van der Waals surface area contributed by atoms with E-state index < -0.39 is 16.6 Å². The second-order valence-electron chi connectivity index (χ2n) is 4.83. The highest BCUT2D eigenvalue weighted by atomic mass is 32.2. The maximum Gasteiger partial charge on any atom is 0.265 e. The van der Waals surface area contributed by atoms with Crippen LogP contribution in [0.2, 0.25) is 0 Å². The van der Waals surface area contributed by atoms with Crippen molar-refractivity contribution >= 4 is 21.4 Å². The molecule has 3 N–H and O–H groups in total. The first-order valence-corrected chi connectivity index (χ1v) is 7.78. The number of anilines is 2. The molecule has 0 radical (unpaired) electrons. The van der Waals surface area contributed by atoms with Crippen molar-refractivity contribution in [2.24, 2.45) is 0 Å². The number of aromatic amines is 1. The molecule has 0 spiro atoms. The van der Waals surface area contributed by atoms with Crippen molar-refractivity contribution in [3.8, 4) is 0 Å². The molecule has 21 heavy (non-hydrogen) atoms. The highest BCUT2D eigenvalue weighted by Crippen LogP contribution is 2.22. The standard InChI is InChI=1S/C13H18N4O3S/c1-9-13(12(8-18)15-14-9)21(19,20)16-10-4-6-11(7-5-10)17(2)3/h4-7,16,18H,8H2,1-3H3,(H,14,15). The molecule has 2 aromatic rings. The Balaban J connectivity index is 2.31. The highest BCUT2D eigenvalue weighted by Gasteiger charge is 2.24. The van der Waals surface area contributed by atoms with Gasteiger partial charge in [0.25, 0.3) is 10.0 Å². The second kappa shape index (κ2) is 5.74. The van der Waals surface area contributed by atoms with E-state index in [1.807, 2.05) is 31.1 Å². The maximum absolute atomic E-state index is 12.4. The van der Waals surface area contributed by atoms with Crippen molar-refractivity contribution in [2.45, 2.75) is 18.4 Å². The van der Waals surface area contributed by atoms with Crippen LogP contribution in [0, 0.1) is 6.92 Å². The summed E-state index contributed by atoms with van der Waals surface area (Å²) in [7, 11) is 0.0147. The molecule has 0 aliphatic heterocycles. The minimum Gasteiger partial charge on any atom is -0.390 e. The van der Waals surface area contributed by atoms with E-state index in [0.717, 1.165) is 5.69 Å². The molecule has 7 nitrogen and oxygen atoms in total. The molecule has 0 aliphatic carbocycles. The third-order valence-electron chi connectivity index (χ3n) is 3.02. The number of H-pyrrole nitrogens is 1. The molecule has 1 heterocycles. The molecule has 0 bridgehead atoms. The number of aryl methyl sites for hydroxylation is 1. The molecule has 8 heteroatoms. The predicted molar refractivity (Wildman–Crippen MR) is 80.8 cm³/mol. The van der Waals surface area contributed by atoms with E-state index >= 15 is 0 Å². The summed E-state index contributed by atoms with van der Waals surface area (Å²) in [5.74, 6) is 0. The van der Waals surface area contributed by atoms with Gasteiger partial charge in [0.2, 0.25) is 0 Å². The average molecular weight is 310 g/mol. The van der Waals surface area contributed by atoms with E-state index in [9.17, 15) is 13.5 Å². The quantitative estimate of drug-likeness (QED) is 0.767. The van der Waals surface area contributed by atoms with E-state index in [0.29, 0.717) is 11.4 Å². The van der Waals surface area contributed by atoms with Gasteiger partial charge < -0.3 is 10.0 Å². The van der Waals surface area contributed by atoms with Gasteiger partial charge in [-0.15, -0.1) is 0 Å². The van der Waals surface area contributed by atoms with E-state index in [1.165, 1.54) is 0 Å². The lowest BCUT2D eigenvalue weighted by atomic mass is 10.3. The van der Waals surface area contributed by atoms with Crippen molar-refractivity contribution in [1.29, 1.82) is 0 Å². The van der Waals surface area contributed by atoms with Crippen LogP contribution in [0.3, 0.4) is 0 Å². The molecule has 0 fully saturated rings. The van der Waals surface area contributed by atoms with Gasteiger partial charge in [-0.05, 0) is 31.2 Å². The van der Waals surface area contributed by atoms with Crippen LogP contribution < -0.4 is 9.62 Å². The lowest BCUT2D eigenvalue weighted by molar-refractivity contribution is 0.273. The average Bonchev–Trinajstić information content (AvgIpc) is 2.80.